The van der Waals surface area contributed by atoms with Gasteiger partial charge < -0.3 is 10.1 Å². The van der Waals surface area contributed by atoms with Crippen LogP contribution >= 0.6 is 11.3 Å². The van der Waals surface area contributed by atoms with Gasteiger partial charge in [-0.25, -0.2) is 4.79 Å². The lowest BCUT2D eigenvalue weighted by Gasteiger charge is -2.21. The lowest BCUT2D eigenvalue weighted by atomic mass is 10.0. The summed E-state index contributed by atoms with van der Waals surface area (Å²) in [6, 6.07) is 10.4. The maximum Gasteiger partial charge on any atom is 0.337 e. The quantitative estimate of drug-likeness (QED) is 0.856. The second-order valence-electron chi connectivity index (χ2n) is 5.28. The number of benzene rings is 1. The van der Waals surface area contributed by atoms with Crippen molar-refractivity contribution in [2.45, 2.75) is 19.9 Å². The first-order valence-electron chi connectivity index (χ1n) is 7.05. The third-order valence-electron chi connectivity index (χ3n) is 3.37. The van der Waals surface area contributed by atoms with Crippen LogP contribution in [0.1, 0.15) is 45.5 Å². The zero-order chi connectivity index (χ0) is 16.1. The first-order valence-corrected chi connectivity index (χ1v) is 7.93. The molecule has 0 aliphatic heterocycles. The lowest BCUT2D eigenvalue weighted by molar-refractivity contribution is 0.0600. The molecule has 1 atom stereocenters. The van der Waals surface area contributed by atoms with E-state index < -0.39 is 5.97 Å². The number of ether oxygens (including phenoxy) is 1. The average molecular weight is 317 g/mol. The average Bonchev–Trinajstić information content (AvgIpc) is 3.05. The van der Waals surface area contributed by atoms with Crippen LogP contribution in [0.5, 0.6) is 0 Å². The smallest absolute Gasteiger partial charge is 0.337 e. The van der Waals surface area contributed by atoms with Gasteiger partial charge in [-0.3, -0.25) is 4.79 Å². The van der Waals surface area contributed by atoms with Crippen LogP contribution < -0.4 is 5.32 Å². The SMILES string of the molecule is COC(=O)c1ccc(C(=O)N[C@@H](c2cccs2)C(C)C)cc1. The number of esters is 1. The predicted molar refractivity (Wildman–Crippen MR) is 87.1 cm³/mol. The Morgan fingerprint density at radius 3 is 2.23 bits per heavy atom. The number of hydrogen-bond donors (Lipinski definition) is 1. The number of thiophene rings is 1. The molecule has 4 nitrogen and oxygen atoms in total. The summed E-state index contributed by atoms with van der Waals surface area (Å²) in [7, 11) is 1.33. The standard InChI is InChI=1S/C17H19NO3S/c1-11(2)15(14-5-4-10-22-14)18-16(19)12-6-8-13(9-7-12)17(20)21-3/h4-11,15H,1-3H3,(H,18,19)/t15-/m1/s1. The molecule has 1 heterocycles. The van der Waals surface area contributed by atoms with Crippen LogP contribution in [-0.4, -0.2) is 19.0 Å². The molecule has 0 spiro atoms. The van der Waals surface area contributed by atoms with Gasteiger partial charge in [-0.1, -0.05) is 19.9 Å². The summed E-state index contributed by atoms with van der Waals surface area (Å²) >= 11 is 1.63. The number of methoxy groups -OCH3 is 1. The fraction of sp³-hybridized carbons (Fsp3) is 0.294. The normalized spacial score (nSPS) is 12.0. The van der Waals surface area contributed by atoms with Crippen molar-refractivity contribution >= 4 is 23.2 Å². The minimum atomic E-state index is -0.411. The third-order valence-corrected chi connectivity index (χ3v) is 4.33. The van der Waals surface area contributed by atoms with Gasteiger partial charge in [0.2, 0.25) is 0 Å². The molecule has 1 aromatic heterocycles. The van der Waals surface area contributed by atoms with Crippen LogP contribution in [0, 0.1) is 5.92 Å². The van der Waals surface area contributed by atoms with Crippen LogP contribution in [0.25, 0.3) is 0 Å². The molecule has 0 radical (unpaired) electrons. The number of carbonyl (C=O) groups excluding carboxylic acids is 2. The summed E-state index contributed by atoms with van der Waals surface area (Å²) < 4.78 is 4.64. The molecule has 0 bridgehead atoms. The highest BCUT2D eigenvalue weighted by molar-refractivity contribution is 7.10. The maximum atomic E-state index is 12.4. The Morgan fingerprint density at radius 1 is 1.09 bits per heavy atom. The summed E-state index contributed by atoms with van der Waals surface area (Å²) in [6.45, 7) is 4.15. The van der Waals surface area contributed by atoms with Crippen molar-refractivity contribution in [2.75, 3.05) is 7.11 Å². The summed E-state index contributed by atoms with van der Waals surface area (Å²) in [4.78, 5) is 24.9. The van der Waals surface area contributed by atoms with E-state index >= 15 is 0 Å². The molecule has 1 aromatic carbocycles. The van der Waals surface area contributed by atoms with Crippen molar-refractivity contribution in [3.05, 3.63) is 57.8 Å². The van der Waals surface area contributed by atoms with E-state index in [-0.39, 0.29) is 17.9 Å². The fourth-order valence-corrected chi connectivity index (χ4v) is 3.08. The van der Waals surface area contributed by atoms with Crippen LogP contribution in [0.15, 0.2) is 41.8 Å². The van der Waals surface area contributed by atoms with Gasteiger partial charge in [-0.05, 0) is 41.6 Å². The van der Waals surface area contributed by atoms with E-state index in [0.717, 1.165) is 4.88 Å². The van der Waals surface area contributed by atoms with E-state index in [1.54, 1.807) is 35.6 Å². The zero-order valence-electron chi connectivity index (χ0n) is 12.8. The summed E-state index contributed by atoms with van der Waals surface area (Å²) in [5.74, 6) is -0.272. The molecule has 0 saturated heterocycles. The molecule has 0 saturated carbocycles. The van der Waals surface area contributed by atoms with Crippen LogP contribution in [0.4, 0.5) is 0 Å². The topological polar surface area (TPSA) is 55.4 Å². The number of hydrogen-bond acceptors (Lipinski definition) is 4. The Hall–Kier alpha value is -2.14. The Morgan fingerprint density at radius 2 is 1.73 bits per heavy atom. The van der Waals surface area contributed by atoms with Gasteiger partial charge in [0.1, 0.15) is 0 Å². The molecule has 0 aliphatic rings. The minimum absolute atomic E-state index is 0.0206. The molecule has 1 N–H and O–H groups in total. The molecule has 2 aromatic rings. The Kier molecular flexibility index (Phi) is 5.33. The van der Waals surface area contributed by atoms with Gasteiger partial charge in [0.25, 0.3) is 5.91 Å². The van der Waals surface area contributed by atoms with Crippen LogP contribution in [0.3, 0.4) is 0 Å². The van der Waals surface area contributed by atoms with Gasteiger partial charge in [0.15, 0.2) is 0 Å². The van der Waals surface area contributed by atoms with Crippen molar-refractivity contribution in [1.82, 2.24) is 5.32 Å². The van der Waals surface area contributed by atoms with Gasteiger partial charge in [0.05, 0.1) is 18.7 Å². The molecule has 0 unspecified atom stereocenters. The zero-order valence-corrected chi connectivity index (χ0v) is 13.6. The number of nitrogens with one attached hydrogen (secondary N) is 1. The first kappa shape index (κ1) is 16.2. The molecule has 0 fully saturated rings. The Labute approximate surface area is 134 Å². The fourth-order valence-electron chi connectivity index (χ4n) is 2.13. The number of carbonyl (C=O) groups is 2. The van der Waals surface area contributed by atoms with Gasteiger partial charge in [-0.15, -0.1) is 11.3 Å². The van der Waals surface area contributed by atoms with E-state index in [1.165, 1.54) is 7.11 Å². The van der Waals surface area contributed by atoms with Crippen molar-refractivity contribution in [2.24, 2.45) is 5.92 Å². The van der Waals surface area contributed by atoms with Crippen molar-refractivity contribution in [1.29, 1.82) is 0 Å². The number of amides is 1. The van der Waals surface area contributed by atoms with E-state index in [1.807, 2.05) is 17.5 Å². The van der Waals surface area contributed by atoms with Crippen molar-refractivity contribution in [3.8, 4) is 0 Å². The van der Waals surface area contributed by atoms with Gasteiger partial charge in [-0.2, -0.15) is 0 Å². The molecule has 116 valence electrons. The molecular weight excluding hydrogens is 298 g/mol. The molecule has 5 heteroatoms. The largest absolute Gasteiger partial charge is 0.465 e. The highest BCUT2D eigenvalue weighted by atomic mass is 32.1. The van der Waals surface area contributed by atoms with Crippen LogP contribution in [0.2, 0.25) is 0 Å². The van der Waals surface area contributed by atoms with Gasteiger partial charge >= 0.3 is 5.97 Å². The van der Waals surface area contributed by atoms with E-state index in [2.05, 4.69) is 23.9 Å². The summed E-state index contributed by atoms with van der Waals surface area (Å²) in [5.41, 5.74) is 0.951. The van der Waals surface area contributed by atoms with Gasteiger partial charge in [0, 0.05) is 10.4 Å². The monoisotopic (exact) mass is 317 g/mol. The predicted octanol–water partition coefficient (Wildman–Crippen LogP) is 3.66. The molecule has 1 amide bonds. The molecular formula is C17H19NO3S. The minimum Gasteiger partial charge on any atom is -0.465 e. The second-order valence-corrected chi connectivity index (χ2v) is 6.26. The Bertz CT molecular complexity index is 632. The highest BCUT2D eigenvalue weighted by Gasteiger charge is 2.20. The highest BCUT2D eigenvalue weighted by Crippen LogP contribution is 2.26. The summed E-state index contributed by atoms with van der Waals surface area (Å²) in [6.07, 6.45) is 0. The molecule has 2 rings (SSSR count). The second kappa shape index (κ2) is 7.22. The van der Waals surface area contributed by atoms with Crippen molar-refractivity contribution < 1.29 is 14.3 Å². The van der Waals surface area contributed by atoms with Crippen LogP contribution in [-0.2, 0) is 4.74 Å². The molecule has 22 heavy (non-hydrogen) atoms. The first-order chi connectivity index (χ1) is 10.5. The van der Waals surface area contributed by atoms with Crippen molar-refractivity contribution in [3.63, 3.8) is 0 Å². The lowest BCUT2D eigenvalue weighted by Crippen LogP contribution is -2.31. The van der Waals surface area contributed by atoms with E-state index in [0.29, 0.717) is 11.1 Å². The Balaban J connectivity index is 2.12. The number of rotatable bonds is 5. The summed E-state index contributed by atoms with van der Waals surface area (Å²) in [5, 5.41) is 5.06. The third kappa shape index (κ3) is 3.74. The maximum absolute atomic E-state index is 12.4. The van der Waals surface area contributed by atoms with E-state index in [4.69, 9.17) is 0 Å². The van der Waals surface area contributed by atoms with E-state index in [9.17, 15) is 9.59 Å². The molecule has 0 aliphatic carbocycles.